The highest BCUT2D eigenvalue weighted by atomic mass is 16.5. The average Bonchev–Trinajstić information content (AvgIpc) is 1.50. The summed E-state index contributed by atoms with van der Waals surface area (Å²) in [5, 5.41) is 85.7. The third kappa shape index (κ3) is 16.3. The van der Waals surface area contributed by atoms with Crippen LogP contribution in [0.5, 0.6) is 0 Å². The summed E-state index contributed by atoms with van der Waals surface area (Å²) in [5.41, 5.74) is 14.3. The van der Waals surface area contributed by atoms with Crippen LogP contribution in [0.2, 0.25) is 0 Å². The highest BCUT2D eigenvalue weighted by Gasteiger charge is 2.46. The van der Waals surface area contributed by atoms with Crippen LogP contribution in [0.15, 0.2) is 262 Å². The first-order chi connectivity index (χ1) is 65.1. The maximum Gasteiger partial charge on any atom is 0.176 e. The maximum absolute atomic E-state index is 12.5. The number of benzene rings is 4. The molecule has 16 aromatic heterocycles. The zero-order chi connectivity index (χ0) is 92.7. The summed E-state index contributed by atoms with van der Waals surface area (Å²) >= 11 is 0. The monoisotopic (exact) mass is 1780 g/mol. The Morgan fingerprint density at radius 3 is 0.910 bits per heavy atom. The molecule has 0 radical (unpaired) electrons. The number of aliphatic hydroxyl groups excluding tert-OH is 2. The summed E-state index contributed by atoms with van der Waals surface area (Å²) in [6, 6.07) is 59.3. The Labute approximate surface area is 768 Å². The number of fused-ring (bicyclic) bond motifs is 4. The number of aryl methyl sites for hydroxylation is 7. The summed E-state index contributed by atoms with van der Waals surface area (Å²) in [7, 11) is 0. The third-order valence-electron chi connectivity index (χ3n) is 24.6. The molecule has 10 N–H and O–H groups in total. The van der Waals surface area contributed by atoms with Crippen molar-refractivity contribution in [2.75, 3.05) is 0 Å². The predicted molar refractivity (Wildman–Crippen MR) is 501 cm³/mol. The molecule has 134 heavy (non-hydrogen) atoms. The number of hydrogen-bond acceptors (Lipinski definition) is 26. The zero-order valence-corrected chi connectivity index (χ0v) is 75.0. The van der Waals surface area contributed by atoms with E-state index >= 15 is 0 Å². The van der Waals surface area contributed by atoms with E-state index in [1.54, 1.807) is 92.9 Å². The lowest BCUT2D eigenvalue weighted by molar-refractivity contribution is 0.117. The smallest absolute Gasteiger partial charge is 0.176 e. The van der Waals surface area contributed by atoms with Crippen LogP contribution in [-0.4, -0.2) is 131 Å². The van der Waals surface area contributed by atoms with Crippen molar-refractivity contribution in [1.29, 1.82) is 0 Å². The summed E-state index contributed by atoms with van der Waals surface area (Å²) in [4.78, 5) is 69.5. The van der Waals surface area contributed by atoms with E-state index in [9.17, 15) is 30.6 Å². The highest BCUT2D eigenvalue weighted by molar-refractivity contribution is 5.92. The lowest BCUT2D eigenvalue weighted by atomic mass is 9.83. The van der Waals surface area contributed by atoms with Crippen molar-refractivity contribution in [1.82, 2.24) is 100 Å². The van der Waals surface area contributed by atoms with Gasteiger partial charge in [0.25, 0.3) is 0 Å². The van der Waals surface area contributed by atoms with Crippen LogP contribution < -0.4 is 0 Å². The molecule has 2 aliphatic carbocycles. The van der Waals surface area contributed by atoms with Crippen LogP contribution in [-0.2, 0) is 48.5 Å². The fourth-order valence-corrected chi connectivity index (χ4v) is 17.9. The molecule has 20 aromatic rings. The Kier molecular flexibility index (Phi) is 23.8. The highest BCUT2D eigenvalue weighted by Crippen LogP contribution is 2.50. The second-order valence-electron chi connectivity index (χ2n) is 34.2. The summed E-state index contributed by atoms with van der Waals surface area (Å²) in [6.45, 7) is 17.0. The van der Waals surface area contributed by atoms with Gasteiger partial charge < -0.3 is 68.7 Å². The number of hydrogen-bond donors (Lipinski definition) is 10. The van der Waals surface area contributed by atoms with Crippen LogP contribution in [0.3, 0.4) is 0 Å². The second kappa shape index (κ2) is 36.4. The largest absolute Gasteiger partial charge is 0.390 e. The van der Waals surface area contributed by atoms with Crippen LogP contribution in [0.4, 0.5) is 0 Å². The fraction of sp³-hybridized carbons (Fsp3) is 0.231. The van der Waals surface area contributed by atoms with Gasteiger partial charge in [-0.25, -0.2) is 19.9 Å². The molecule has 0 aliphatic heterocycles. The normalized spacial score (nSPS) is 13.0. The van der Waals surface area contributed by atoms with Gasteiger partial charge in [0.2, 0.25) is 0 Å². The summed E-state index contributed by atoms with van der Waals surface area (Å²) in [6.07, 6.45) is 19.2. The third-order valence-corrected chi connectivity index (χ3v) is 24.6. The van der Waals surface area contributed by atoms with E-state index in [4.69, 9.17) is 38.0 Å². The van der Waals surface area contributed by atoms with Gasteiger partial charge in [-0.15, -0.1) is 0 Å². The number of aromatic nitrogens is 20. The molecule has 2 fully saturated rings. The van der Waals surface area contributed by atoms with Crippen molar-refractivity contribution in [3.05, 3.63) is 381 Å². The molecule has 0 amide bonds. The van der Waals surface area contributed by atoms with Crippen molar-refractivity contribution >= 4 is 44.1 Å². The SMILES string of the molecule is CCc1nc2c(C(O)(c3ccccn3)c3ccccn3)cc(-c3c(C)noc3C)cc2[nH]1.Cc1noc(C)c1-c1cc(C(O)(c2ccccn2)c2ccccn2)c2nc(CC(C)C)[nH]c2c1.Cc1noc(CO)c1-c1cc(C(O)(c2ccccn2)c2ccccn2)c2nc(C3CC3)[nH]c2c1.Cc1onc(CO)c1-c1cc(C(O)(c2ccccn2)c2ccccn2)c2nc(C3CC3)[nH]c2c1. The van der Waals surface area contributed by atoms with Gasteiger partial charge in [0, 0.05) is 113 Å². The molecule has 2 aliphatic rings. The number of imidazole rings is 4. The second-order valence-corrected chi connectivity index (χ2v) is 34.2. The lowest BCUT2D eigenvalue weighted by Gasteiger charge is -2.28. The topological polar surface area (TPSA) is 443 Å². The quantitative estimate of drug-likeness (QED) is 0.0284. The van der Waals surface area contributed by atoms with Crippen molar-refractivity contribution < 1.29 is 48.7 Å². The Bertz CT molecular complexity index is 7140. The first-order valence-electron chi connectivity index (χ1n) is 44.4. The first kappa shape index (κ1) is 87.9. The first-order valence-corrected chi connectivity index (χ1v) is 44.4. The summed E-state index contributed by atoms with van der Waals surface area (Å²) < 4.78 is 21.6. The molecular weight excluding hydrogens is 1690 g/mol. The molecule has 22 rings (SSSR count). The Morgan fingerprint density at radius 2 is 0.619 bits per heavy atom. The Hall–Kier alpha value is -15.4. The molecule has 16 heterocycles. The number of nitrogens with one attached hydrogen (secondary N) is 4. The van der Waals surface area contributed by atoms with Gasteiger partial charge in [-0.05, 0) is 241 Å². The van der Waals surface area contributed by atoms with Gasteiger partial charge in [0.15, 0.2) is 28.2 Å². The predicted octanol–water partition coefficient (Wildman–Crippen LogP) is 17.5. The van der Waals surface area contributed by atoms with Gasteiger partial charge >= 0.3 is 0 Å². The van der Waals surface area contributed by atoms with Crippen molar-refractivity contribution in [3.8, 4) is 44.5 Å². The molecule has 0 unspecified atom stereocenters. The molecule has 0 bridgehead atoms. The molecule has 30 nitrogen and oxygen atoms in total. The minimum atomic E-state index is -1.67. The molecule has 2 saturated carbocycles. The molecule has 4 aromatic carbocycles. The maximum atomic E-state index is 12.5. The van der Waals surface area contributed by atoms with Crippen molar-refractivity contribution in [3.63, 3.8) is 0 Å². The van der Waals surface area contributed by atoms with E-state index < -0.39 is 22.4 Å². The molecule has 0 spiro atoms. The van der Waals surface area contributed by atoms with Crippen LogP contribution in [0, 0.1) is 47.5 Å². The molecule has 0 atom stereocenters. The van der Waals surface area contributed by atoms with E-state index in [0.717, 1.165) is 129 Å². The van der Waals surface area contributed by atoms with Crippen LogP contribution in [0.1, 0.15) is 195 Å². The summed E-state index contributed by atoms with van der Waals surface area (Å²) in [5.74, 6) is 7.10. The average molecular weight is 1790 g/mol. The zero-order valence-electron chi connectivity index (χ0n) is 75.0. The van der Waals surface area contributed by atoms with Crippen LogP contribution in [0.25, 0.3) is 88.6 Å². The number of nitrogens with zero attached hydrogens (tertiary/aromatic N) is 16. The Morgan fingerprint density at radius 1 is 0.336 bits per heavy atom. The van der Waals surface area contributed by atoms with Crippen LogP contribution >= 0.6 is 0 Å². The Balaban J connectivity index is 0.000000115. The van der Waals surface area contributed by atoms with Crippen molar-refractivity contribution in [2.24, 2.45) is 5.92 Å². The molecule has 30 heteroatoms. The fourth-order valence-electron chi connectivity index (χ4n) is 17.9. The van der Waals surface area contributed by atoms with Gasteiger partial charge in [0.1, 0.15) is 52.9 Å². The van der Waals surface area contributed by atoms with Gasteiger partial charge in [-0.2, -0.15) is 0 Å². The standard InChI is InChI=1S/C27H27N5O2.2C26H23N5O3.C25H23N5O2/c1-16(2)13-24-30-21-15-19(25-17(3)32-34-18(25)4)14-20(26(21)31-24)27(33,22-9-5-7-11-28-22)23-10-6-8-12-29-23;1-15-23(20(14-32)31-34-15)17-12-18(24-19(13-17)29-25(30-24)16-8-9-16)26(33,21-6-2-4-10-27-21)22-7-3-5-11-28-22;1-15-23(20(14-32)34-31-15)17-12-18(24-19(13-17)29-25(30-24)16-8-9-16)26(33,21-6-2-4-10-27-21)22-7-3-5-11-28-22;1-4-22-28-19-14-17(23-15(2)30-32-16(23)3)13-18(24(19)29-22)25(31,20-9-5-7-11-26-20)21-10-6-8-12-27-21/h5-12,14-16,33H,13H2,1-4H3,(H,30,31);2*2-7,10-13,16,32-33H,8-9,14H2,1H3,(H,29,30);5-14,31H,4H2,1-3H3,(H,28,29). The van der Waals surface area contributed by atoms with E-state index in [-0.39, 0.29) is 13.2 Å². The van der Waals surface area contributed by atoms with Gasteiger partial charge in [-0.1, -0.05) is 89.9 Å². The number of H-pyrrole nitrogens is 4. The molecule has 0 saturated heterocycles. The van der Waals surface area contributed by atoms with E-state index in [1.807, 2.05) is 199 Å². The van der Waals surface area contributed by atoms with Crippen molar-refractivity contribution in [2.45, 2.75) is 148 Å². The minimum absolute atomic E-state index is 0.263. The van der Waals surface area contributed by atoms with Gasteiger partial charge in [-0.3, -0.25) is 39.9 Å². The number of pyridine rings is 8. The molecular formula is C104H96N20O10. The molecule has 672 valence electrons. The lowest BCUT2D eigenvalue weighted by Crippen LogP contribution is -2.31. The van der Waals surface area contributed by atoms with E-state index in [0.29, 0.717) is 153 Å². The van der Waals surface area contributed by atoms with E-state index in [1.165, 1.54) is 0 Å². The van der Waals surface area contributed by atoms with E-state index in [2.05, 4.69) is 94.3 Å². The number of rotatable bonds is 23. The van der Waals surface area contributed by atoms with Gasteiger partial charge in [0.05, 0.1) is 119 Å². The number of aromatic amines is 4. The number of aliphatic hydroxyl groups is 6. The minimum Gasteiger partial charge on any atom is -0.390 e.